The highest BCUT2D eigenvalue weighted by Gasteiger charge is 2.26. The summed E-state index contributed by atoms with van der Waals surface area (Å²) in [4.78, 5) is 0.0566. The molecule has 0 radical (unpaired) electrons. The number of hydrogen-bond acceptors (Lipinski definition) is 4. The molecule has 0 aliphatic rings. The van der Waals surface area contributed by atoms with Crippen LogP contribution in [0.2, 0.25) is 5.02 Å². The molecule has 0 saturated carbocycles. The molecule has 2 rings (SSSR count). The Morgan fingerprint density at radius 3 is 2.57 bits per heavy atom. The molecule has 2 aromatic rings. The second-order valence-corrected chi connectivity index (χ2v) is 7.06. The molecular formula is C14H16ClNO4S. The summed E-state index contributed by atoms with van der Waals surface area (Å²) in [6.07, 6.45) is 0. The first-order chi connectivity index (χ1) is 9.86. The molecule has 0 fully saturated rings. The van der Waals surface area contributed by atoms with Crippen molar-refractivity contribution in [2.75, 3.05) is 7.05 Å². The van der Waals surface area contributed by atoms with Crippen molar-refractivity contribution in [2.45, 2.75) is 25.0 Å². The van der Waals surface area contributed by atoms with Crippen LogP contribution in [0.4, 0.5) is 0 Å². The number of hydrogen-bond donors (Lipinski definition) is 1. The highest BCUT2D eigenvalue weighted by Crippen LogP contribution is 2.25. The van der Waals surface area contributed by atoms with Gasteiger partial charge >= 0.3 is 0 Å². The topological polar surface area (TPSA) is 70.8 Å². The van der Waals surface area contributed by atoms with Crippen LogP contribution in [0.5, 0.6) is 0 Å². The van der Waals surface area contributed by atoms with E-state index in [1.165, 1.54) is 17.4 Å². The quantitative estimate of drug-likeness (QED) is 0.915. The van der Waals surface area contributed by atoms with E-state index < -0.39 is 10.0 Å². The van der Waals surface area contributed by atoms with E-state index in [-0.39, 0.29) is 29.6 Å². The Morgan fingerprint density at radius 2 is 2.00 bits per heavy atom. The van der Waals surface area contributed by atoms with Crippen LogP contribution in [0, 0.1) is 6.92 Å². The average molecular weight is 330 g/mol. The Balaban J connectivity index is 2.30. The van der Waals surface area contributed by atoms with Crippen molar-refractivity contribution in [3.63, 3.8) is 0 Å². The number of furan rings is 1. The molecule has 7 heteroatoms. The number of aliphatic hydroxyl groups is 1. The average Bonchev–Trinajstić information content (AvgIpc) is 2.83. The van der Waals surface area contributed by atoms with E-state index in [0.29, 0.717) is 10.6 Å². The van der Waals surface area contributed by atoms with Crippen molar-refractivity contribution in [1.29, 1.82) is 0 Å². The molecule has 0 unspecified atom stereocenters. The first-order valence-electron chi connectivity index (χ1n) is 6.26. The van der Waals surface area contributed by atoms with Crippen LogP contribution in [-0.2, 0) is 23.2 Å². The fourth-order valence-electron chi connectivity index (χ4n) is 1.98. The largest absolute Gasteiger partial charge is 0.462 e. The second-order valence-electron chi connectivity index (χ2n) is 4.64. The summed E-state index contributed by atoms with van der Waals surface area (Å²) in [5, 5.41) is 9.55. The van der Waals surface area contributed by atoms with Gasteiger partial charge in [0.15, 0.2) is 0 Å². The summed E-state index contributed by atoms with van der Waals surface area (Å²) in [5.74, 6) is 0.474. The SMILES string of the molecule is Cc1oc(CO)cc1S(=O)(=O)N(C)Cc1ccccc1Cl. The Bertz CT molecular complexity index is 739. The smallest absolute Gasteiger partial charge is 0.246 e. The fourth-order valence-corrected chi connectivity index (χ4v) is 3.50. The predicted octanol–water partition coefficient (Wildman–Crippen LogP) is 2.55. The zero-order valence-corrected chi connectivity index (χ0v) is 13.3. The third-order valence-corrected chi connectivity index (χ3v) is 5.40. The molecule has 5 nitrogen and oxygen atoms in total. The molecule has 114 valence electrons. The third-order valence-electron chi connectivity index (χ3n) is 3.12. The van der Waals surface area contributed by atoms with Crippen LogP contribution >= 0.6 is 11.6 Å². The summed E-state index contributed by atoms with van der Waals surface area (Å²) < 4.78 is 31.5. The fraction of sp³-hybridized carbons (Fsp3) is 0.286. The van der Waals surface area contributed by atoms with Gasteiger partial charge in [0.1, 0.15) is 23.0 Å². The van der Waals surface area contributed by atoms with E-state index in [0.717, 1.165) is 0 Å². The van der Waals surface area contributed by atoms with E-state index in [1.54, 1.807) is 31.2 Å². The molecule has 1 heterocycles. The zero-order chi connectivity index (χ0) is 15.6. The summed E-state index contributed by atoms with van der Waals surface area (Å²) in [6.45, 7) is 1.36. The standard InChI is InChI=1S/C14H16ClNO4S/c1-10-14(7-12(9-17)20-10)21(18,19)16(2)8-11-5-3-4-6-13(11)15/h3-7,17H,8-9H2,1-2H3. The maximum absolute atomic E-state index is 12.5. The van der Waals surface area contributed by atoms with E-state index in [9.17, 15) is 8.42 Å². The van der Waals surface area contributed by atoms with Gasteiger partial charge in [-0.15, -0.1) is 0 Å². The maximum Gasteiger partial charge on any atom is 0.246 e. The van der Waals surface area contributed by atoms with Gasteiger partial charge in [-0.2, -0.15) is 4.31 Å². The molecule has 0 spiro atoms. The van der Waals surface area contributed by atoms with Crippen molar-refractivity contribution in [3.05, 3.63) is 52.4 Å². The monoisotopic (exact) mass is 329 g/mol. The number of aliphatic hydroxyl groups excluding tert-OH is 1. The normalized spacial score (nSPS) is 12.0. The molecule has 0 aliphatic carbocycles. The molecule has 0 aliphatic heterocycles. The van der Waals surface area contributed by atoms with Crippen LogP contribution in [0.25, 0.3) is 0 Å². The number of rotatable bonds is 5. The highest BCUT2D eigenvalue weighted by molar-refractivity contribution is 7.89. The predicted molar refractivity (Wildman–Crippen MR) is 79.5 cm³/mol. The van der Waals surface area contributed by atoms with Gasteiger partial charge in [0.25, 0.3) is 0 Å². The van der Waals surface area contributed by atoms with Gasteiger partial charge in [0.05, 0.1) is 0 Å². The van der Waals surface area contributed by atoms with Crippen molar-refractivity contribution in [1.82, 2.24) is 4.31 Å². The van der Waals surface area contributed by atoms with E-state index in [2.05, 4.69) is 0 Å². The molecular weight excluding hydrogens is 314 g/mol. The summed E-state index contributed by atoms with van der Waals surface area (Å²) in [5.41, 5.74) is 0.716. The number of benzene rings is 1. The minimum absolute atomic E-state index is 0.0566. The molecule has 0 amide bonds. The lowest BCUT2D eigenvalue weighted by Crippen LogP contribution is -2.26. The van der Waals surface area contributed by atoms with Crippen LogP contribution in [-0.4, -0.2) is 24.9 Å². The molecule has 0 bridgehead atoms. The van der Waals surface area contributed by atoms with Gasteiger partial charge in [-0.25, -0.2) is 8.42 Å². The Hall–Kier alpha value is -1.34. The van der Waals surface area contributed by atoms with Crippen molar-refractivity contribution in [3.8, 4) is 0 Å². The molecule has 21 heavy (non-hydrogen) atoms. The second kappa shape index (κ2) is 6.19. The first-order valence-corrected chi connectivity index (χ1v) is 8.08. The number of halogens is 1. The van der Waals surface area contributed by atoms with Crippen LogP contribution in [0.15, 0.2) is 39.6 Å². The van der Waals surface area contributed by atoms with E-state index in [4.69, 9.17) is 21.1 Å². The molecule has 0 saturated heterocycles. The number of sulfonamides is 1. The van der Waals surface area contributed by atoms with Gasteiger partial charge in [-0.1, -0.05) is 29.8 Å². The van der Waals surface area contributed by atoms with Gasteiger partial charge < -0.3 is 9.52 Å². The third kappa shape index (κ3) is 3.29. The van der Waals surface area contributed by atoms with Gasteiger partial charge in [-0.05, 0) is 18.6 Å². The molecule has 0 atom stereocenters. The van der Waals surface area contributed by atoms with Gasteiger partial charge in [0.2, 0.25) is 10.0 Å². The van der Waals surface area contributed by atoms with Crippen LogP contribution < -0.4 is 0 Å². The summed E-state index contributed by atoms with van der Waals surface area (Å²) in [7, 11) is -2.23. The maximum atomic E-state index is 12.5. The van der Waals surface area contributed by atoms with Crippen LogP contribution in [0.3, 0.4) is 0 Å². The molecule has 1 aromatic heterocycles. The van der Waals surface area contributed by atoms with Gasteiger partial charge in [-0.3, -0.25) is 0 Å². The lowest BCUT2D eigenvalue weighted by atomic mass is 10.2. The van der Waals surface area contributed by atoms with Crippen molar-refractivity contribution in [2.24, 2.45) is 0 Å². The van der Waals surface area contributed by atoms with E-state index >= 15 is 0 Å². The van der Waals surface area contributed by atoms with E-state index in [1.807, 2.05) is 0 Å². The van der Waals surface area contributed by atoms with Crippen molar-refractivity contribution < 1.29 is 17.9 Å². The number of aryl methyl sites for hydroxylation is 1. The zero-order valence-electron chi connectivity index (χ0n) is 11.7. The number of nitrogens with zero attached hydrogens (tertiary/aromatic N) is 1. The van der Waals surface area contributed by atoms with Gasteiger partial charge in [0, 0.05) is 24.7 Å². The lowest BCUT2D eigenvalue weighted by Gasteiger charge is -2.17. The minimum atomic E-state index is -3.70. The first kappa shape index (κ1) is 16.0. The highest BCUT2D eigenvalue weighted by atomic mass is 35.5. The lowest BCUT2D eigenvalue weighted by molar-refractivity contribution is 0.244. The minimum Gasteiger partial charge on any atom is -0.462 e. The summed E-state index contributed by atoms with van der Waals surface area (Å²) >= 11 is 6.05. The van der Waals surface area contributed by atoms with Crippen LogP contribution in [0.1, 0.15) is 17.1 Å². The summed E-state index contributed by atoms with van der Waals surface area (Å²) in [6, 6.07) is 8.41. The Morgan fingerprint density at radius 1 is 1.33 bits per heavy atom. The molecule has 1 aromatic carbocycles. The van der Waals surface area contributed by atoms with Crippen molar-refractivity contribution >= 4 is 21.6 Å². The molecule has 1 N–H and O–H groups in total. The Kier molecular flexibility index (Phi) is 4.73. The Labute approximate surface area is 128 Å².